The average Bonchev–Trinajstić information content (AvgIpc) is 2.15. The summed E-state index contributed by atoms with van der Waals surface area (Å²) in [4.78, 5) is 1.24. The van der Waals surface area contributed by atoms with E-state index in [1.54, 1.807) is 18.0 Å². The first-order chi connectivity index (χ1) is 6.33. The summed E-state index contributed by atoms with van der Waals surface area (Å²) < 4.78 is 5.08. The first-order valence-electron chi connectivity index (χ1n) is 4.33. The van der Waals surface area contributed by atoms with E-state index in [-0.39, 0.29) is 0 Å². The number of hydrogen-bond acceptors (Lipinski definition) is 2. The second-order valence-corrected chi connectivity index (χ2v) is 3.64. The van der Waals surface area contributed by atoms with Crippen LogP contribution >= 0.6 is 11.8 Å². The van der Waals surface area contributed by atoms with Crippen LogP contribution in [0.2, 0.25) is 0 Å². The highest BCUT2D eigenvalue weighted by Crippen LogP contribution is 2.18. The quantitative estimate of drug-likeness (QED) is 0.535. The van der Waals surface area contributed by atoms with Gasteiger partial charge in [-0.2, -0.15) is 0 Å². The molecule has 0 saturated heterocycles. The molecule has 70 valence electrons. The van der Waals surface area contributed by atoms with Crippen molar-refractivity contribution < 1.29 is 4.74 Å². The Bertz CT molecular complexity index is 264. The number of hydrogen-bond donors (Lipinski definition) is 0. The summed E-state index contributed by atoms with van der Waals surface area (Å²) in [5, 5.41) is 1.95. The summed E-state index contributed by atoms with van der Waals surface area (Å²) in [5.41, 5.74) is 1.29. The Labute approximate surface area is 83.8 Å². The largest absolute Gasteiger partial charge is 0.501 e. The van der Waals surface area contributed by atoms with Gasteiger partial charge in [-0.1, -0.05) is 29.5 Å². The van der Waals surface area contributed by atoms with Crippen molar-refractivity contribution in [3.63, 3.8) is 0 Å². The molecule has 0 atom stereocenters. The van der Waals surface area contributed by atoms with Crippen LogP contribution in [-0.2, 0) is 4.74 Å². The molecule has 0 N–H and O–H groups in total. The second-order valence-electron chi connectivity index (χ2n) is 2.66. The molecule has 0 aliphatic carbocycles. The van der Waals surface area contributed by atoms with Crippen LogP contribution in [0.15, 0.2) is 40.8 Å². The second kappa shape index (κ2) is 5.70. The Hall–Kier alpha value is -0.890. The Morgan fingerprint density at radius 2 is 2.00 bits per heavy atom. The first kappa shape index (κ1) is 10.2. The van der Waals surface area contributed by atoms with Gasteiger partial charge in [-0.15, -0.1) is 0 Å². The molecule has 13 heavy (non-hydrogen) atoms. The molecule has 1 aromatic carbocycles. The Morgan fingerprint density at radius 1 is 1.31 bits per heavy atom. The number of ether oxygens (including phenoxy) is 1. The third-order valence-corrected chi connectivity index (χ3v) is 2.34. The Morgan fingerprint density at radius 3 is 2.62 bits per heavy atom. The van der Waals surface area contributed by atoms with E-state index in [1.807, 2.05) is 12.3 Å². The van der Waals surface area contributed by atoms with Crippen molar-refractivity contribution in [3.8, 4) is 0 Å². The number of benzene rings is 1. The van der Waals surface area contributed by atoms with Crippen molar-refractivity contribution in [1.82, 2.24) is 0 Å². The average molecular weight is 194 g/mol. The molecule has 0 heterocycles. The van der Waals surface area contributed by atoms with E-state index < -0.39 is 0 Å². The van der Waals surface area contributed by atoms with E-state index >= 15 is 0 Å². The molecule has 1 rings (SSSR count). The smallest absolute Gasteiger partial charge is 0.0895 e. The highest BCUT2D eigenvalue weighted by molar-refractivity contribution is 8.02. The van der Waals surface area contributed by atoms with Crippen LogP contribution in [0.25, 0.3) is 0 Å². The minimum absolute atomic E-state index is 0.727. The fourth-order valence-electron chi connectivity index (χ4n) is 0.859. The zero-order valence-electron chi connectivity index (χ0n) is 7.99. The standard InChI is InChI=1S/C11H14OS/c1-3-12-8-9-13-11-6-4-10(2)5-7-11/h4-9H,3H2,1-2H3. The van der Waals surface area contributed by atoms with E-state index in [9.17, 15) is 0 Å². The van der Waals surface area contributed by atoms with Crippen LogP contribution in [0, 0.1) is 6.92 Å². The molecule has 0 bridgehead atoms. The van der Waals surface area contributed by atoms with Gasteiger partial charge < -0.3 is 4.74 Å². The summed E-state index contributed by atoms with van der Waals surface area (Å²) in [7, 11) is 0. The lowest BCUT2D eigenvalue weighted by Crippen LogP contribution is -1.75. The molecule has 0 fully saturated rings. The molecule has 1 aromatic rings. The molecular weight excluding hydrogens is 180 g/mol. The minimum Gasteiger partial charge on any atom is -0.501 e. The molecule has 0 aromatic heterocycles. The Balaban J connectivity index is 2.41. The number of rotatable bonds is 4. The predicted molar refractivity (Wildman–Crippen MR) is 57.8 cm³/mol. The lowest BCUT2D eigenvalue weighted by atomic mass is 10.2. The van der Waals surface area contributed by atoms with Gasteiger partial charge in [-0.25, -0.2) is 0 Å². The van der Waals surface area contributed by atoms with Crippen molar-refractivity contribution in [1.29, 1.82) is 0 Å². The molecule has 0 spiro atoms. The molecule has 0 saturated carbocycles. The van der Waals surface area contributed by atoms with Crippen LogP contribution in [0.3, 0.4) is 0 Å². The summed E-state index contributed by atoms with van der Waals surface area (Å²) in [6.45, 7) is 4.79. The highest BCUT2D eigenvalue weighted by Gasteiger charge is 1.88. The van der Waals surface area contributed by atoms with Gasteiger partial charge in [0.05, 0.1) is 12.9 Å². The van der Waals surface area contributed by atoms with Crippen molar-refractivity contribution in [3.05, 3.63) is 41.5 Å². The molecule has 0 radical (unpaired) electrons. The van der Waals surface area contributed by atoms with Gasteiger partial charge in [0.2, 0.25) is 0 Å². The molecular formula is C11H14OS. The van der Waals surface area contributed by atoms with E-state index in [0.29, 0.717) is 0 Å². The van der Waals surface area contributed by atoms with Crippen LogP contribution in [0.1, 0.15) is 12.5 Å². The van der Waals surface area contributed by atoms with E-state index in [2.05, 4.69) is 31.2 Å². The maximum atomic E-state index is 5.08. The van der Waals surface area contributed by atoms with Crippen LogP contribution in [-0.4, -0.2) is 6.61 Å². The highest BCUT2D eigenvalue weighted by atomic mass is 32.2. The van der Waals surface area contributed by atoms with Gasteiger partial charge in [-0.05, 0) is 26.0 Å². The van der Waals surface area contributed by atoms with Gasteiger partial charge in [0.1, 0.15) is 0 Å². The van der Waals surface area contributed by atoms with Crippen molar-refractivity contribution in [2.24, 2.45) is 0 Å². The summed E-state index contributed by atoms with van der Waals surface area (Å²) >= 11 is 1.66. The summed E-state index contributed by atoms with van der Waals surface area (Å²) in [6, 6.07) is 8.43. The maximum Gasteiger partial charge on any atom is 0.0895 e. The fraction of sp³-hybridized carbons (Fsp3) is 0.273. The van der Waals surface area contributed by atoms with Crippen molar-refractivity contribution in [2.75, 3.05) is 6.61 Å². The van der Waals surface area contributed by atoms with Crippen LogP contribution in [0.5, 0.6) is 0 Å². The summed E-state index contributed by atoms with van der Waals surface area (Å²) in [5.74, 6) is 0. The molecule has 0 aliphatic heterocycles. The Kier molecular flexibility index (Phi) is 4.47. The van der Waals surface area contributed by atoms with Gasteiger partial charge in [-0.3, -0.25) is 0 Å². The van der Waals surface area contributed by atoms with E-state index in [1.165, 1.54) is 10.5 Å². The topological polar surface area (TPSA) is 9.23 Å². The minimum atomic E-state index is 0.727. The molecule has 1 nitrogen and oxygen atoms in total. The maximum absolute atomic E-state index is 5.08. The number of aryl methyl sites for hydroxylation is 1. The van der Waals surface area contributed by atoms with E-state index in [0.717, 1.165) is 6.61 Å². The zero-order valence-corrected chi connectivity index (χ0v) is 8.80. The lowest BCUT2D eigenvalue weighted by Gasteiger charge is -1.96. The van der Waals surface area contributed by atoms with Crippen molar-refractivity contribution in [2.45, 2.75) is 18.7 Å². The van der Waals surface area contributed by atoms with E-state index in [4.69, 9.17) is 4.74 Å². The summed E-state index contributed by atoms with van der Waals surface area (Å²) in [6.07, 6.45) is 1.73. The fourth-order valence-corrected chi connectivity index (χ4v) is 1.44. The zero-order chi connectivity index (χ0) is 9.52. The third-order valence-electron chi connectivity index (χ3n) is 1.54. The first-order valence-corrected chi connectivity index (χ1v) is 5.21. The van der Waals surface area contributed by atoms with Crippen LogP contribution in [0.4, 0.5) is 0 Å². The van der Waals surface area contributed by atoms with Gasteiger partial charge >= 0.3 is 0 Å². The normalized spacial score (nSPS) is 10.6. The van der Waals surface area contributed by atoms with Crippen molar-refractivity contribution >= 4 is 11.8 Å². The SMILES string of the molecule is CCOC=CSc1ccc(C)cc1. The predicted octanol–water partition coefficient (Wildman–Crippen LogP) is 3.59. The molecule has 2 heteroatoms. The molecule has 0 unspecified atom stereocenters. The third kappa shape index (κ3) is 4.04. The van der Waals surface area contributed by atoms with Gasteiger partial charge in [0.15, 0.2) is 0 Å². The van der Waals surface area contributed by atoms with Crippen LogP contribution < -0.4 is 0 Å². The molecule has 0 amide bonds. The molecule has 0 aliphatic rings. The van der Waals surface area contributed by atoms with Gasteiger partial charge in [0, 0.05) is 10.3 Å². The lowest BCUT2D eigenvalue weighted by molar-refractivity contribution is 0.270. The van der Waals surface area contributed by atoms with Gasteiger partial charge in [0.25, 0.3) is 0 Å². The number of thioether (sulfide) groups is 1. The monoisotopic (exact) mass is 194 g/mol.